The summed E-state index contributed by atoms with van der Waals surface area (Å²) in [5.74, 6) is -1.80. The standard InChI is InChI=1S/C20H23NO6/c1-20(27)9-11-10(7-14(20)23)17(24)15-13(22)8-12(19(26)16(15)18(11)25)21-5-3-2-4-6-21/h8,14,23-25,27H,2-7,9H2,1H3/t14-,20+/m1/s1. The number of hydrogen-bond donors (Lipinski definition) is 4. The molecular weight excluding hydrogens is 350 g/mol. The first kappa shape index (κ1) is 18.0. The predicted molar refractivity (Wildman–Crippen MR) is 96.0 cm³/mol. The van der Waals surface area contributed by atoms with Gasteiger partial charge >= 0.3 is 0 Å². The summed E-state index contributed by atoms with van der Waals surface area (Å²) in [6, 6.07) is 0. The predicted octanol–water partition coefficient (Wildman–Crippen LogP) is 1.06. The number of carbonyl (C=O) groups excluding carboxylic acids is 2. The Morgan fingerprint density at radius 1 is 1.04 bits per heavy atom. The van der Waals surface area contributed by atoms with Crippen molar-refractivity contribution in [2.45, 2.75) is 50.7 Å². The van der Waals surface area contributed by atoms with Crippen LogP contribution >= 0.6 is 0 Å². The average Bonchev–Trinajstić information content (AvgIpc) is 2.63. The molecule has 1 aromatic rings. The lowest BCUT2D eigenvalue weighted by molar-refractivity contribution is -0.0668. The Morgan fingerprint density at radius 2 is 1.67 bits per heavy atom. The molecule has 0 radical (unpaired) electrons. The Kier molecular flexibility index (Phi) is 4.05. The number of likely N-dealkylation sites (tertiary alicyclic amines) is 1. The number of hydrogen-bond acceptors (Lipinski definition) is 7. The summed E-state index contributed by atoms with van der Waals surface area (Å²) in [5, 5.41) is 42.0. The quantitative estimate of drug-likeness (QED) is 0.544. The van der Waals surface area contributed by atoms with Gasteiger partial charge in [-0.1, -0.05) is 0 Å². The molecule has 4 N–H and O–H groups in total. The van der Waals surface area contributed by atoms with E-state index < -0.39 is 23.3 Å². The highest BCUT2D eigenvalue weighted by atomic mass is 16.3. The summed E-state index contributed by atoms with van der Waals surface area (Å²) in [5.41, 5.74) is -1.26. The van der Waals surface area contributed by atoms with Gasteiger partial charge in [0.15, 0.2) is 5.78 Å². The third kappa shape index (κ3) is 2.64. The van der Waals surface area contributed by atoms with E-state index in [1.807, 2.05) is 4.90 Å². The maximum Gasteiger partial charge on any atom is 0.213 e. The van der Waals surface area contributed by atoms with Gasteiger partial charge in [-0.2, -0.15) is 0 Å². The molecule has 0 unspecified atom stereocenters. The van der Waals surface area contributed by atoms with E-state index in [1.54, 1.807) is 0 Å². The molecule has 0 saturated carbocycles. The number of aliphatic hydroxyl groups is 2. The van der Waals surface area contributed by atoms with Gasteiger partial charge in [0.2, 0.25) is 5.78 Å². The van der Waals surface area contributed by atoms with Crippen LogP contribution < -0.4 is 0 Å². The van der Waals surface area contributed by atoms with Gasteiger partial charge in [0.05, 0.1) is 28.5 Å². The fourth-order valence-electron chi connectivity index (χ4n) is 4.34. The monoisotopic (exact) mass is 373 g/mol. The zero-order valence-electron chi connectivity index (χ0n) is 15.2. The van der Waals surface area contributed by atoms with E-state index in [9.17, 15) is 30.0 Å². The smallest absolute Gasteiger partial charge is 0.213 e. The van der Waals surface area contributed by atoms with Crippen LogP contribution in [-0.4, -0.2) is 61.7 Å². The molecule has 1 heterocycles. The van der Waals surface area contributed by atoms with Crippen LogP contribution in [0.1, 0.15) is 58.0 Å². The highest BCUT2D eigenvalue weighted by Crippen LogP contribution is 2.46. The normalized spacial score (nSPS) is 27.9. The number of benzene rings is 1. The number of carbonyl (C=O) groups is 2. The number of aliphatic hydroxyl groups excluding tert-OH is 1. The minimum atomic E-state index is -1.50. The molecule has 1 aliphatic heterocycles. The molecule has 1 saturated heterocycles. The van der Waals surface area contributed by atoms with Crippen molar-refractivity contribution in [3.05, 3.63) is 34.0 Å². The van der Waals surface area contributed by atoms with Crippen molar-refractivity contribution in [2.75, 3.05) is 13.1 Å². The molecule has 7 heteroatoms. The Morgan fingerprint density at radius 3 is 2.33 bits per heavy atom. The fourth-order valence-corrected chi connectivity index (χ4v) is 4.34. The van der Waals surface area contributed by atoms with Crippen molar-refractivity contribution in [3.8, 4) is 11.5 Å². The van der Waals surface area contributed by atoms with Gasteiger partial charge in [-0.05, 0) is 26.2 Å². The first-order valence-corrected chi connectivity index (χ1v) is 9.28. The van der Waals surface area contributed by atoms with Crippen LogP contribution in [0.2, 0.25) is 0 Å². The first-order chi connectivity index (χ1) is 12.7. The van der Waals surface area contributed by atoms with Gasteiger partial charge in [-0.3, -0.25) is 9.59 Å². The van der Waals surface area contributed by atoms with Gasteiger partial charge in [0, 0.05) is 43.1 Å². The Labute approximate surface area is 156 Å². The number of Topliss-reactive ketones (excluding diaryl/α,β-unsaturated/α-hetero) is 1. The first-order valence-electron chi connectivity index (χ1n) is 9.28. The topological polar surface area (TPSA) is 118 Å². The van der Waals surface area contributed by atoms with Gasteiger partial charge in [0.1, 0.15) is 11.5 Å². The summed E-state index contributed by atoms with van der Waals surface area (Å²) in [6.07, 6.45) is 2.76. The maximum absolute atomic E-state index is 13.1. The maximum atomic E-state index is 13.1. The Balaban J connectivity index is 1.86. The Hall–Kier alpha value is -2.38. The molecule has 4 rings (SSSR count). The van der Waals surface area contributed by atoms with Crippen LogP contribution in [0.3, 0.4) is 0 Å². The van der Waals surface area contributed by atoms with Crippen molar-refractivity contribution in [1.29, 1.82) is 0 Å². The average molecular weight is 373 g/mol. The second kappa shape index (κ2) is 6.07. The SMILES string of the molecule is C[C@]1(O)Cc2c(O)c3c(c(O)c2C[C@H]1O)C(=O)C=C(N1CCCCC1)C3=O. The number of phenolic OH excluding ortho intramolecular Hbond substituents is 2. The van der Waals surface area contributed by atoms with Crippen LogP contribution in [0.15, 0.2) is 11.8 Å². The molecule has 0 aromatic heterocycles. The lowest BCUT2D eigenvalue weighted by Crippen LogP contribution is -2.46. The summed E-state index contributed by atoms with van der Waals surface area (Å²) in [6.45, 7) is 2.76. The van der Waals surface area contributed by atoms with Crippen LogP contribution in [0, 0.1) is 0 Å². The molecule has 0 amide bonds. The summed E-state index contributed by atoms with van der Waals surface area (Å²) in [4.78, 5) is 27.7. The van der Waals surface area contributed by atoms with E-state index in [4.69, 9.17) is 0 Å². The van der Waals surface area contributed by atoms with Crippen LogP contribution in [0.5, 0.6) is 11.5 Å². The van der Waals surface area contributed by atoms with Crippen LogP contribution in [0.25, 0.3) is 0 Å². The summed E-state index contributed by atoms with van der Waals surface area (Å²) < 4.78 is 0. The molecule has 7 nitrogen and oxygen atoms in total. The zero-order valence-corrected chi connectivity index (χ0v) is 15.2. The molecule has 1 fully saturated rings. The van der Waals surface area contributed by atoms with Gasteiger partial charge < -0.3 is 25.3 Å². The number of ketones is 2. The third-order valence-corrected chi connectivity index (χ3v) is 5.98. The number of piperidine rings is 1. The van der Waals surface area contributed by atoms with Crippen molar-refractivity contribution in [3.63, 3.8) is 0 Å². The third-order valence-electron chi connectivity index (χ3n) is 5.98. The highest BCUT2D eigenvalue weighted by molar-refractivity contribution is 6.26. The molecule has 144 valence electrons. The van der Waals surface area contributed by atoms with Gasteiger partial charge in [-0.25, -0.2) is 0 Å². The van der Waals surface area contributed by atoms with Crippen molar-refractivity contribution in [1.82, 2.24) is 4.90 Å². The van der Waals surface area contributed by atoms with Crippen molar-refractivity contribution < 1.29 is 30.0 Å². The van der Waals surface area contributed by atoms with E-state index in [-0.39, 0.29) is 52.3 Å². The molecule has 0 bridgehead atoms. The van der Waals surface area contributed by atoms with Crippen LogP contribution in [-0.2, 0) is 12.8 Å². The number of phenols is 2. The number of aromatic hydroxyl groups is 2. The molecule has 2 atom stereocenters. The number of nitrogens with zero attached hydrogens (tertiary/aromatic N) is 1. The number of rotatable bonds is 1. The van der Waals surface area contributed by atoms with E-state index in [0.717, 1.165) is 19.3 Å². The minimum absolute atomic E-state index is 0.112. The summed E-state index contributed by atoms with van der Waals surface area (Å²) >= 11 is 0. The highest BCUT2D eigenvalue weighted by Gasteiger charge is 2.43. The largest absolute Gasteiger partial charge is 0.507 e. The lowest BCUT2D eigenvalue weighted by Gasteiger charge is -2.37. The molecule has 27 heavy (non-hydrogen) atoms. The molecule has 3 aliphatic rings. The van der Waals surface area contributed by atoms with Gasteiger partial charge in [0.25, 0.3) is 0 Å². The van der Waals surface area contributed by atoms with E-state index >= 15 is 0 Å². The van der Waals surface area contributed by atoms with Crippen LogP contribution in [0.4, 0.5) is 0 Å². The summed E-state index contributed by atoms with van der Waals surface area (Å²) in [7, 11) is 0. The van der Waals surface area contributed by atoms with Crippen molar-refractivity contribution >= 4 is 11.6 Å². The molecule has 2 aliphatic carbocycles. The van der Waals surface area contributed by atoms with E-state index in [0.29, 0.717) is 13.1 Å². The molecular formula is C20H23NO6. The second-order valence-electron chi connectivity index (χ2n) is 7.93. The zero-order chi connectivity index (χ0) is 19.5. The molecule has 1 aromatic carbocycles. The van der Waals surface area contributed by atoms with Gasteiger partial charge in [-0.15, -0.1) is 0 Å². The van der Waals surface area contributed by atoms with E-state index in [2.05, 4.69) is 0 Å². The van der Waals surface area contributed by atoms with Crippen molar-refractivity contribution in [2.24, 2.45) is 0 Å². The molecule has 0 spiro atoms. The fraction of sp³-hybridized carbons (Fsp3) is 0.500. The van der Waals surface area contributed by atoms with E-state index in [1.165, 1.54) is 13.0 Å². The number of allylic oxidation sites excluding steroid dienone is 2. The second-order valence-corrected chi connectivity index (χ2v) is 7.93. The number of fused-ring (bicyclic) bond motifs is 2. The lowest BCUT2D eigenvalue weighted by atomic mass is 9.75. The Bertz CT molecular complexity index is 879. The minimum Gasteiger partial charge on any atom is -0.507 e.